The Morgan fingerprint density at radius 2 is 2.14 bits per heavy atom. The summed E-state index contributed by atoms with van der Waals surface area (Å²) in [6.45, 7) is 1.72. The summed E-state index contributed by atoms with van der Waals surface area (Å²) in [5, 5.41) is 2.66. The van der Waals surface area contributed by atoms with Crippen LogP contribution in [0, 0.1) is 0 Å². The van der Waals surface area contributed by atoms with Crippen molar-refractivity contribution in [1.29, 1.82) is 0 Å². The summed E-state index contributed by atoms with van der Waals surface area (Å²) in [4.78, 5) is 37.1. The molecule has 0 spiro atoms. The molecule has 0 bridgehead atoms. The molecule has 1 amide bonds. The van der Waals surface area contributed by atoms with Gasteiger partial charge in [0.05, 0.1) is 11.2 Å². The first kappa shape index (κ1) is 14.5. The molecular weight excluding hydrogens is 306 g/mol. The fourth-order valence-electron chi connectivity index (χ4n) is 2.28. The third kappa shape index (κ3) is 2.94. The highest BCUT2D eigenvalue weighted by Gasteiger charge is 2.20. The summed E-state index contributed by atoms with van der Waals surface area (Å²) in [5.74, 6) is -0.0569. The Morgan fingerprint density at radius 3 is 2.86 bits per heavy atom. The lowest BCUT2D eigenvalue weighted by atomic mass is 10.3. The summed E-state index contributed by atoms with van der Waals surface area (Å²) in [5.41, 5.74) is -0.0937. The van der Waals surface area contributed by atoms with Gasteiger partial charge in [-0.25, -0.2) is 9.97 Å². The third-order valence-corrected chi connectivity index (χ3v) is 3.68. The zero-order valence-corrected chi connectivity index (χ0v) is 12.4. The lowest BCUT2D eigenvalue weighted by molar-refractivity contribution is 0.102. The minimum Gasteiger partial charge on any atom is -0.366 e. The summed E-state index contributed by atoms with van der Waals surface area (Å²) in [6, 6.07) is 1.33. The molecule has 1 fully saturated rings. The second kappa shape index (κ2) is 6.15. The minimum absolute atomic E-state index is 0.0572. The van der Waals surface area contributed by atoms with Crippen LogP contribution in [0.4, 0.5) is 11.6 Å². The molecule has 2 aromatic heterocycles. The first-order valence-corrected chi connectivity index (χ1v) is 7.29. The van der Waals surface area contributed by atoms with Gasteiger partial charge in [-0.2, -0.15) is 0 Å². The largest absolute Gasteiger partial charge is 0.366 e. The zero-order chi connectivity index (χ0) is 15.5. The number of nitrogens with one attached hydrogen (secondary N) is 2. The first-order chi connectivity index (χ1) is 10.6. The summed E-state index contributed by atoms with van der Waals surface area (Å²) in [6.07, 6.45) is 6.46. The van der Waals surface area contributed by atoms with E-state index >= 15 is 0 Å². The molecule has 22 heavy (non-hydrogen) atoms. The molecule has 1 aliphatic heterocycles. The number of hydrogen-bond acceptors (Lipinski definition) is 5. The maximum atomic E-state index is 12.3. The van der Waals surface area contributed by atoms with E-state index in [1.54, 1.807) is 0 Å². The Morgan fingerprint density at radius 1 is 1.36 bits per heavy atom. The van der Waals surface area contributed by atoms with Crippen molar-refractivity contribution in [3.8, 4) is 0 Å². The number of halogens is 1. The van der Waals surface area contributed by atoms with Crippen molar-refractivity contribution in [1.82, 2.24) is 15.0 Å². The number of H-pyrrole nitrogens is 1. The second-order valence-corrected chi connectivity index (χ2v) is 5.34. The molecule has 0 aromatic carbocycles. The summed E-state index contributed by atoms with van der Waals surface area (Å²) >= 11 is 6.01. The molecule has 2 N–H and O–H groups in total. The van der Waals surface area contributed by atoms with Gasteiger partial charge in [0.25, 0.3) is 5.91 Å². The van der Waals surface area contributed by atoms with Gasteiger partial charge in [0, 0.05) is 31.5 Å². The van der Waals surface area contributed by atoms with Gasteiger partial charge in [0.1, 0.15) is 5.69 Å². The molecule has 8 heteroatoms. The van der Waals surface area contributed by atoms with E-state index in [-0.39, 0.29) is 21.8 Å². The van der Waals surface area contributed by atoms with Crippen molar-refractivity contribution in [3.63, 3.8) is 0 Å². The van der Waals surface area contributed by atoms with Crippen LogP contribution in [-0.2, 0) is 0 Å². The van der Waals surface area contributed by atoms with E-state index in [1.165, 1.54) is 24.7 Å². The number of aromatic amines is 1. The SMILES string of the molecule is O=C(Nc1c[nH]ccc1=O)c1nc(N2CCCC2)ncc1Cl. The molecule has 1 aliphatic rings. The summed E-state index contributed by atoms with van der Waals surface area (Å²) < 4.78 is 0. The van der Waals surface area contributed by atoms with Crippen molar-refractivity contribution in [2.45, 2.75) is 12.8 Å². The molecule has 0 atom stereocenters. The Kier molecular flexibility index (Phi) is 4.06. The van der Waals surface area contributed by atoms with Gasteiger partial charge >= 0.3 is 0 Å². The predicted molar refractivity (Wildman–Crippen MR) is 83.5 cm³/mol. The van der Waals surface area contributed by atoms with Crippen LogP contribution >= 0.6 is 11.6 Å². The molecule has 0 saturated carbocycles. The van der Waals surface area contributed by atoms with Gasteiger partial charge in [-0.15, -0.1) is 0 Å². The Balaban J connectivity index is 1.87. The first-order valence-electron chi connectivity index (χ1n) is 6.91. The zero-order valence-electron chi connectivity index (χ0n) is 11.7. The third-order valence-electron chi connectivity index (χ3n) is 3.41. The van der Waals surface area contributed by atoms with Crippen LogP contribution in [-0.4, -0.2) is 33.9 Å². The standard InChI is InChI=1S/C14H14ClN5O2/c15-9-7-17-14(20-5-1-2-6-20)19-12(9)13(22)18-10-8-16-4-3-11(10)21/h3-4,7-8H,1-2,5-6H2,(H,16,21)(H,18,22). The normalized spacial score (nSPS) is 14.1. The number of nitrogens with zero attached hydrogens (tertiary/aromatic N) is 3. The van der Waals surface area contributed by atoms with Gasteiger partial charge in [-0.05, 0) is 12.8 Å². The van der Waals surface area contributed by atoms with Gasteiger partial charge in [-0.1, -0.05) is 11.6 Å². The van der Waals surface area contributed by atoms with Crippen molar-refractivity contribution < 1.29 is 4.79 Å². The number of rotatable bonds is 3. The van der Waals surface area contributed by atoms with Gasteiger partial charge in [0.2, 0.25) is 11.4 Å². The number of anilines is 2. The van der Waals surface area contributed by atoms with Gasteiger partial charge < -0.3 is 15.2 Å². The maximum Gasteiger partial charge on any atom is 0.276 e. The maximum absolute atomic E-state index is 12.3. The number of hydrogen-bond donors (Lipinski definition) is 2. The fraction of sp³-hybridized carbons (Fsp3) is 0.286. The molecular formula is C14H14ClN5O2. The van der Waals surface area contributed by atoms with Crippen LogP contribution < -0.4 is 15.6 Å². The monoisotopic (exact) mass is 319 g/mol. The van der Waals surface area contributed by atoms with E-state index in [4.69, 9.17) is 11.6 Å². The number of amides is 1. The van der Waals surface area contributed by atoms with Crippen molar-refractivity contribution in [2.24, 2.45) is 0 Å². The second-order valence-electron chi connectivity index (χ2n) is 4.94. The topological polar surface area (TPSA) is 91.0 Å². The van der Waals surface area contributed by atoms with Crippen molar-refractivity contribution in [2.75, 3.05) is 23.3 Å². The van der Waals surface area contributed by atoms with Crippen LogP contribution in [0.3, 0.4) is 0 Å². The highest BCUT2D eigenvalue weighted by Crippen LogP contribution is 2.20. The van der Waals surface area contributed by atoms with E-state index in [1.807, 2.05) is 4.90 Å². The molecule has 0 unspecified atom stereocenters. The fourth-order valence-corrected chi connectivity index (χ4v) is 2.46. The molecule has 2 aromatic rings. The number of pyridine rings is 1. The smallest absolute Gasteiger partial charge is 0.276 e. The van der Waals surface area contributed by atoms with E-state index in [2.05, 4.69) is 20.3 Å². The van der Waals surface area contributed by atoms with Crippen LogP contribution in [0.5, 0.6) is 0 Å². The molecule has 3 heterocycles. The average molecular weight is 320 g/mol. The molecule has 1 saturated heterocycles. The lowest BCUT2D eigenvalue weighted by Crippen LogP contribution is -2.24. The van der Waals surface area contributed by atoms with Crippen LogP contribution in [0.15, 0.2) is 29.5 Å². The van der Waals surface area contributed by atoms with Gasteiger partial charge in [0.15, 0.2) is 5.69 Å². The van der Waals surface area contributed by atoms with E-state index < -0.39 is 5.91 Å². The molecule has 0 aliphatic carbocycles. The number of carbonyl (C=O) groups is 1. The highest BCUT2D eigenvalue weighted by atomic mass is 35.5. The number of carbonyl (C=O) groups excluding carboxylic acids is 1. The minimum atomic E-state index is -0.537. The molecule has 7 nitrogen and oxygen atoms in total. The van der Waals surface area contributed by atoms with Crippen molar-refractivity contribution >= 4 is 29.1 Å². The van der Waals surface area contributed by atoms with E-state index in [0.717, 1.165) is 25.9 Å². The summed E-state index contributed by atoms with van der Waals surface area (Å²) in [7, 11) is 0. The Hall–Kier alpha value is -2.41. The Bertz CT molecular complexity index is 755. The number of aromatic nitrogens is 3. The van der Waals surface area contributed by atoms with Crippen LogP contribution in [0.25, 0.3) is 0 Å². The van der Waals surface area contributed by atoms with Crippen LogP contribution in [0.1, 0.15) is 23.3 Å². The van der Waals surface area contributed by atoms with Crippen molar-refractivity contribution in [3.05, 3.63) is 45.6 Å². The molecule has 114 valence electrons. The van der Waals surface area contributed by atoms with E-state index in [0.29, 0.717) is 5.95 Å². The molecule has 3 rings (SSSR count). The lowest BCUT2D eigenvalue weighted by Gasteiger charge is -2.15. The van der Waals surface area contributed by atoms with Gasteiger partial charge in [-0.3, -0.25) is 9.59 Å². The molecule has 0 radical (unpaired) electrons. The highest BCUT2D eigenvalue weighted by molar-refractivity contribution is 6.34. The quantitative estimate of drug-likeness (QED) is 0.898. The average Bonchev–Trinajstić information content (AvgIpc) is 3.04. The van der Waals surface area contributed by atoms with E-state index in [9.17, 15) is 9.59 Å². The van der Waals surface area contributed by atoms with Crippen LogP contribution in [0.2, 0.25) is 5.02 Å². The Labute approximate surface area is 131 Å². The predicted octanol–water partition coefficient (Wildman–Crippen LogP) is 1.67.